The summed E-state index contributed by atoms with van der Waals surface area (Å²) >= 11 is 0. The van der Waals surface area contributed by atoms with Crippen LogP contribution in [0.25, 0.3) is 0 Å². The minimum Gasteiger partial charge on any atom is -0.497 e. The molecule has 2 aromatic rings. The first kappa shape index (κ1) is 19.7. The molecule has 8 heteroatoms. The number of benzene rings is 1. The largest absolute Gasteiger partial charge is 0.497 e. The third-order valence-electron chi connectivity index (χ3n) is 4.77. The van der Waals surface area contributed by atoms with Gasteiger partial charge < -0.3 is 19.9 Å². The quantitative estimate of drug-likeness (QED) is 0.820. The van der Waals surface area contributed by atoms with Gasteiger partial charge in [-0.15, -0.1) is 0 Å². The van der Waals surface area contributed by atoms with Crippen molar-refractivity contribution in [1.82, 2.24) is 24.9 Å². The van der Waals surface area contributed by atoms with Gasteiger partial charge in [-0.2, -0.15) is 5.10 Å². The highest BCUT2D eigenvalue weighted by molar-refractivity contribution is 5.76. The lowest BCUT2D eigenvalue weighted by atomic mass is 10.1. The standard InChI is InChI=1S/C20H27N5O3/c1-23(2)20(27)24-10-11-25-17(14-24)12-16(22-25)13-21-19(26)9-6-15-4-7-18(28-3)8-5-15/h4-5,7-8,12H,6,9-11,13-14H2,1-3H3,(H,21,26). The van der Waals surface area contributed by atoms with Gasteiger partial charge >= 0.3 is 6.03 Å². The maximum Gasteiger partial charge on any atom is 0.319 e. The number of methoxy groups -OCH3 is 1. The number of urea groups is 1. The molecule has 0 spiro atoms. The van der Waals surface area contributed by atoms with Crippen LogP contribution in [-0.4, -0.2) is 59.3 Å². The van der Waals surface area contributed by atoms with Crippen LogP contribution in [-0.2, 0) is 30.8 Å². The normalized spacial score (nSPS) is 13.0. The van der Waals surface area contributed by atoms with Gasteiger partial charge in [0.05, 0.1) is 38.1 Å². The molecule has 1 aromatic carbocycles. The van der Waals surface area contributed by atoms with Crippen molar-refractivity contribution in [2.75, 3.05) is 27.7 Å². The van der Waals surface area contributed by atoms with Crippen LogP contribution in [0.15, 0.2) is 30.3 Å². The SMILES string of the molecule is COc1ccc(CCC(=O)NCc2cc3n(n2)CCN(C(=O)N(C)C)C3)cc1. The smallest absolute Gasteiger partial charge is 0.319 e. The Labute approximate surface area is 165 Å². The van der Waals surface area contributed by atoms with Gasteiger partial charge in [0.25, 0.3) is 0 Å². The first-order valence-electron chi connectivity index (χ1n) is 9.37. The lowest BCUT2D eigenvalue weighted by Gasteiger charge is -2.29. The molecule has 1 aliphatic heterocycles. The summed E-state index contributed by atoms with van der Waals surface area (Å²) in [5, 5.41) is 7.46. The average molecular weight is 385 g/mol. The Morgan fingerprint density at radius 1 is 1.21 bits per heavy atom. The second kappa shape index (κ2) is 8.77. The number of ether oxygens (including phenoxy) is 1. The zero-order valence-corrected chi connectivity index (χ0v) is 16.6. The minimum absolute atomic E-state index is 0.000773. The van der Waals surface area contributed by atoms with E-state index >= 15 is 0 Å². The van der Waals surface area contributed by atoms with Crippen molar-refractivity contribution >= 4 is 11.9 Å². The monoisotopic (exact) mass is 385 g/mol. The van der Waals surface area contributed by atoms with Crippen molar-refractivity contribution < 1.29 is 14.3 Å². The van der Waals surface area contributed by atoms with Crippen LogP contribution in [0.3, 0.4) is 0 Å². The molecule has 1 aromatic heterocycles. The summed E-state index contributed by atoms with van der Waals surface area (Å²) in [6, 6.07) is 9.69. The maximum absolute atomic E-state index is 12.1. The van der Waals surface area contributed by atoms with E-state index < -0.39 is 0 Å². The summed E-state index contributed by atoms with van der Waals surface area (Å²) in [4.78, 5) is 27.6. The lowest BCUT2D eigenvalue weighted by molar-refractivity contribution is -0.121. The van der Waals surface area contributed by atoms with Gasteiger partial charge in [-0.3, -0.25) is 9.48 Å². The van der Waals surface area contributed by atoms with E-state index in [2.05, 4.69) is 10.4 Å². The molecular formula is C20H27N5O3. The van der Waals surface area contributed by atoms with Crippen molar-refractivity contribution in [1.29, 1.82) is 0 Å². The molecule has 0 aliphatic carbocycles. The Hall–Kier alpha value is -3.03. The first-order chi connectivity index (χ1) is 13.5. The zero-order valence-electron chi connectivity index (χ0n) is 16.6. The number of nitrogens with zero attached hydrogens (tertiary/aromatic N) is 4. The van der Waals surface area contributed by atoms with Crippen LogP contribution < -0.4 is 10.1 Å². The summed E-state index contributed by atoms with van der Waals surface area (Å²) in [5.74, 6) is 0.800. The van der Waals surface area contributed by atoms with E-state index in [4.69, 9.17) is 4.74 Å². The number of aryl methyl sites for hydroxylation is 1. The van der Waals surface area contributed by atoms with E-state index in [1.54, 1.807) is 31.0 Å². The minimum atomic E-state index is -0.00815. The predicted octanol–water partition coefficient (Wildman–Crippen LogP) is 1.64. The van der Waals surface area contributed by atoms with E-state index in [1.807, 2.05) is 35.0 Å². The second-order valence-electron chi connectivity index (χ2n) is 7.07. The van der Waals surface area contributed by atoms with Crippen molar-refractivity contribution in [3.63, 3.8) is 0 Å². The lowest BCUT2D eigenvalue weighted by Crippen LogP contribution is -2.43. The van der Waals surface area contributed by atoms with Crippen LogP contribution in [0.4, 0.5) is 4.79 Å². The van der Waals surface area contributed by atoms with Crippen molar-refractivity contribution in [2.24, 2.45) is 0 Å². The third-order valence-corrected chi connectivity index (χ3v) is 4.77. The molecule has 3 amide bonds. The fourth-order valence-corrected chi connectivity index (χ4v) is 3.19. The summed E-state index contributed by atoms with van der Waals surface area (Å²) in [6.07, 6.45) is 1.10. The molecule has 2 heterocycles. The molecular weight excluding hydrogens is 358 g/mol. The van der Waals surface area contributed by atoms with Gasteiger partial charge in [-0.25, -0.2) is 4.79 Å². The molecule has 0 unspecified atom stereocenters. The number of fused-ring (bicyclic) bond motifs is 1. The average Bonchev–Trinajstić information content (AvgIpc) is 3.12. The fraction of sp³-hybridized carbons (Fsp3) is 0.450. The highest BCUT2D eigenvalue weighted by Crippen LogP contribution is 2.15. The van der Waals surface area contributed by atoms with Gasteiger partial charge in [0.2, 0.25) is 5.91 Å². The summed E-state index contributed by atoms with van der Waals surface area (Å²) in [7, 11) is 5.14. The van der Waals surface area contributed by atoms with Crippen molar-refractivity contribution in [2.45, 2.75) is 32.5 Å². The molecule has 0 bridgehead atoms. The van der Waals surface area contributed by atoms with Crippen LogP contribution in [0.2, 0.25) is 0 Å². The molecule has 0 fully saturated rings. The number of rotatable bonds is 6. The second-order valence-corrected chi connectivity index (χ2v) is 7.07. The van der Waals surface area contributed by atoms with Crippen molar-refractivity contribution in [3.8, 4) is 5.75 Å². The van der Waals surface area contributed by atoms with E-state index in [0.29, 0.717) is 39.0 Å². The molecule has 0 atom stereocenters. The van der Waals surface area contributed by atoms with Crippen molar-refractivity contribution in [3.05, 3.63) is 47.3 Å². The number of carbonyl (C=O) groups is 2. The molecule has 0 saturated carbocycles. The van der Waals surface area contributed by atoms with Crippen LogP contribution >= 0.6 is 0 Å². The van der Waals surface area contributed by atoms with Crippen LogP contribution in [0.5, 0.6) is 5.75 Å². The molecule has 0 saturated heterocycles. The topological polar surface area (TPSA) is 79.7 Å². The van der Waals surface area contributed by atoms with Crippen LogP contribution in [0.1, 0.15) is 23.4 Å². The van der Waals surface area contributed by atoms with E-state index in [-0.39, 0.29) is 11.9 Å². The Kier molecular flexibility index (Phi) is 6.18. The Morgan fingerprint density at radius 2 is 1.96 bits per heavy atom. The number of nitrogens with one attached hydrogen (secondary N) is 1. The highest BCUT2D eigenvalue weighted by Gasteiger charge is 2.23. The first-order valence-corrected chi connectivity index (χ1v) is 9.37. The summed E-state index contributed by atoms with van der Waals surface area (Å²) < 4.78 is 7.05. The molecule has 1 aliphatic rings. The number of aromatic nitrogens is 2. The molecule has 0 radical (unpaired) electrons. The van der Waals surface area contributed by atoms with Crippen LogP contribution in [0, 0.1) is 0 Å². The molecule has 1 N–H and O–H groups in total. The fourth-order valence-electron chi connectivity index (χ4n) is 3.19. The molecule has 3 rings (SSSR count). The highest BCUT2D eigenvalue weighted by atomic mass is 16.5. The number of hydrogen-bond donors (Lipinski definition) is 1. The summed E-state index contributed by atoms with van der Waals surface area (Å²) in [6.45, 7) is 2.23. The number of carbonyl (C=O) groups excluding carboxylic acids is 2. The third kappa shape index (κ3) is 4.82. The van der Waals surface area contributed by atoms with E-state index in [9.17, 15) is 9.59 Å². The summed E-state index contributed by atoms with van der Waals surface area (Å²) in [5.41, 5.74) is 2.90. The zero-order chi connectivity index (χ0) is 20.1. The van der Waals surface area contributed by atoms with Gasteiger partial charge in [0.1, 0.15) is 5.75 Å². The van der Waals surface area contributed by atoms with Gasteiger partial charge in [0.15, 0.2) is 0 Å². The number of amides is 3. The Morgan fingerprint density at radius 3 is 2.64 bits per heavy atom. The van der Waals surface area contributed by atoms with Gasteiger partial charge in [-0.05, 0) is 30.2 Å². The predicted molar refractivity (Wildman–Crippen MR) is 105 cm³/mol. The van der Waals surface area contributed by atoms with Gasteiger partial charge in [0, 0.05) is 27.1 Å². The molecule has 28 heavy (non-hydrogen) atoms. The maximum atomic E-state index is 12.1. The Balaban J connectivity index is 1.47. The molecule has 150 valence electrons. The van der Waals surface area contributed by atoms with Gasteiger partial charge in [-0.1, -0.05) is 12.1 Å². The molecule has 8 nitrogen and oxygen atoms in total. The Bertz CT molecular complexity index is 829. The van der Waals surface area contributed by atoms with E-state index in [1.165, 1.54) is 0 Å². The van der Waals surface area contributed by atoms with E-state index in [0.717, 1.165) is 22.7 Å². The number of hydrogen-bond acceptors (Lipinski definition) is 4.